The molecule has 0 amide bonds. The molecule has 0 saturated heterocycles. The zero-order valence-corrected chi connectivity index (χ0v) is 12.9. The van der Waals surface area contributed by atoms with Gasteiger partial charge in [0.15, 0.2) is 0 Å². The lowest BCUT2D eigenvalue weighted by Gasteiger charge is -2.07. The van der Waals surface area contributed by atoms with Gasteiger partial charge in [0.25, 0.3) is 0 Å². The van der Waals surface area contributed by atoms with Gasteiger partial charge in [0.05, 0.1) is 23.0 Å². The lowest BCUT2D eigenvalue weighted by molar-refractivity contribution is -0.137. The summed E-state index contributed by atoms with van der Waals surface area (Å²) in [6, 6.07) is 11.9. The highest BCUT2D eigenvalue weighted by atomic mass is 35.5. The Labute approximate surface area is 140 Å². The number of hydrogen-bond donors (Lipinski definition) is 1. The van der Waals surface area contributed by atoms with Crippen LogP contribution in [-0.2, 0) is 6.18 Å². The Morgan fingerprint density at radius 3 is 2.71 bits per heavy atom. The topological polar surface area (TPSA) is 37.3 Å². The summed E-state index contributed by atoms with van der Waals surface area (Å²) in [5.74, 6) is 0. The average Bonchev–Trinajstić information content (AvgIpc) is 2.54. The molecule has 0 spiro atoms. The fraction of sp³-hybridized carbons (Fsp3) is 0.0588. The highest BCUT2D eigenvalue weighted by Gasteiger charge is 2.30. The summed E-state index contributed by atoms with van der Waals surface area (Å²) < 4.78 is 38.1. The number of nitrogens with one attached hydrogen (secondary N) is 1. The van der Waals surface area contributed by atoms with Gasteiger partial charge in [-0.1, -0.05) is 23.7 Å². The van der Waals surface area contributed by atoms with Crippen molar-refractivity contribution < 1.29 is 13.2 Å². The van der Waals surface area contributed by atoms with Gasteiger partial charge in [0.2, 0.25) is 0 Å². The maximum absolute atomic E-state index is 12.7. The van der Waals surface area contributed by atoms with Crippen LogP contribution in [0.25, 0.3) is 10.9 Å². The molecule has 0 bridgehead atoms. The Hall–Kier alpha value is -2.60. The Bertz CT molecular complexity index is 907. The summed E-state index contributed by atoms with van der Waals surface area (Å²) in [7, 11) is 0. The number of hydrazone groups is 1. The smallest absolute Gasteiger partial charge is 0.278 e. The van der Waals surface area contributed by atoms with E-state index in [-0.39, 0.29) is 0 Å². The van der Waals surface area contributed by atoms with Gasteiger partial charge in [-0.15, -0.1) is 0 Å². The molecule has 0 unspecified atom stereocenters. The zero-order valence-electron chi connectivity index (χ0n) is 12.2. The van der Waals surface area contributed by atoms with Gasteiger partial charge < -0.3 is 0 Å². The van der Waals surface area contributed by atoms with Gasteiger partial charge in [0.1, 0.15) is 0 Å². The summed E-state index contributed by atoms with van der Waals surface area (Å²) in [5, 5.41) is 5.38. The number of aromatic nitrogens is 1. The number of anilines is 1. The van der Waals surface area contributed by atoms with Crippen LogP contribution in [0.2, 0.25) is 5.02 Å². The highest BCUT2D eigenvalue weighted by Crippen LogP contribution is 2.29. The molecule has 0 aliphatic heterocycles. The molecule has 3 nitrogen and oxygen atoms in total. The maximum atomic E-state index is 12.7. The van der Waals surface area contributed by atoms with Crippen molar-refractivity contribution in [2.75, 3.05) is 5.43 Å². The van der Waals surface area contributed by atoms with Crippen LogP contribution in [0.5, 0.6) is 0 Å². The van der Waals surface area contributed by atoms with Crippen molar-refractivity contribution in [1.29, 1.82) is 0 Å². The third-order valence-corrected chi connectivity index (χ3v) is 3.55. The standard InChI is InChI=1S/C17H11ClF3N3/c18-13-4-5-14-15(6-7-22-16(14)9-13)24-23-10-11-2-1-3-12(8-11)17(19,20)21/h1-10H,(H,22,24)/b23-10-. The van der Waals surface area contributed by atoms with Crippen LogP contribution in [0, 0.1) is 0 Å². The Balaban J connectivity index is 1.82. The number of halogens is 4. The summed E-state index contributed by atoms with van der Waals surface area (Å²) in [4.78, 5) is 4.21. The van der Waals surface area contributed by atoms with E-state index in [9.17, 15) is 13.2 Å². The molecule has 3 rings (SSSR count). The Kier molecular flexibility index (Phi) is 4.40. The normalized spacial score (nSPS) is 12.0. The summed E-state index contributed by atoms with van der Waals surface area (Å²) in [6.45, 7) is 0. The van der Waals surface area contributed by atoms with E-state index in [4.69, 9.17) is 11.6 Å². The van der Waals surface area contributed by atoms with Crippen molar-refractivity contribution >= 4 is 34.4 Å². The molecule has 0 aliphatic carbocycles. The van der Waals surface area contributed by atoms with E-state index in [2.05, 4.69) is 15.5 Å². The molecule has 7 heteroatoms. The van der Waals surface area contributed by atoms with Crippen LogP contribution in [-0.4, -0.2) is 11.2 Å². The van der Waals surface area contributed by atoms with Gasteiger partial charge in [-0.3, -0.25) is 10.4 Å². The minimum Gasteiger partial charge on any atom is -0.278 e. The zero-order chi connectivity index (χ0) is 17.2. The third kappa shape index (κ3) is 3.65. The Morgan fingerprint density at radius 1 is 1.08 bits per heavy atom. The number of benzene rings is 2. The van der Waals surface area contributed by atoms with Crippen LogP contribution in [0.1, 0.15) is 11.1 Å². The largest absolute Gasteiger partial charge is 0.416 e. The fourth-order valence-electron chi connectivity index (χ4n) is 2.19. The molecule has 0 atom stereocenters. The van der Waals surface area contributed by atoms with Crippen LogP contribution in [0.3, 0.4) is 0 Å². The van der Waals surface area contributed by atoms with E-state index >= 15 is 0 Å². The molecular formula is C17H11ClF3N3. The van der Waals surface area contributed by atoms with Crippen molar-refractivity contribution in [3.05, 3.63) is 70.9 Å². The van der Waals surface area contributed by atoms with Crippen molar-refractivity contribution in [1.82, 2.24) is 4.98 Å². The monoisotopic (exact) mass is 349 g/mol. The van der Waals surface area contributed by atoms with Crippen LogP contribution in [0.4, 0.5) is 18.9 Å². The second-order valence-electron chi connectivity index (χ2n) is 5.01. The molecule has 0 aliphatic rings. The molecule has 0 fully saturated rings. The maximum Gasteiger partial charge on any atom is 0.416 e. The van der Waals surface area contributed by atoms with Crippen molar-refractivity contribution in [3.8, 4) is 0 Å². The van der Waals surface area contributed by atoms with E-state index in [1.807, 2.05) is 0 Å². The molecule has 3 aromatic rings. The minimum absolute atomic E-state index is 0.346. The predicted octanol–water partition coefficient (Wildman–Crippen LogP) is 5.35. The lowest BCUT2D eigenvalue weighted by Crippen LogP contribution is -2.05. The molecule has 24 heavy (non-hydrogen) atoms. The summed E-state index contributed by atoms with van der Waals surface area (Å²) in [6.07, 6.45) is -1.45. The number of fused-ring (bicyclic) bond motifs is 1. The van der Waals surface area contributed by atoms with Crippen molar-refractivity contribution in [2.45, 2.75) is 6.18 Å². The Morgan fingerprint density at radius 2 is 1.92 bits per heavy atom. The first-order chi connectivity index (χ1) is 11.4. The molecule has 0 saturated carbocycles. The average molecular weight is 350 g/mol. The third-order valence-electron chi connectivity index (χ3n) is 3.32. The quantitative estimate of drug-likeness (QED) is 0.511. The van der Waals surface area contributed by atoms with Crippen molar-refractivity contribution in [3.63, 3.8) is 0 Å². The van der Waals surface area contributed by atoms with Crippen molar-refractivity contribution in [2.24, 2.45) is 5.10 Å². The predicted molar refractivity (Wildman–Crippen MR) is 89.4 cm³/mol. The first kappa shape index (κ1) is 16.3. The van der Waals surface area contributed by atoms with E-state index in [1.54, 1.807) is 36.5 Å². The molecule has 1 heterocycles. The molecule has 2 aromatic carbocycles. The summed E-state index contributed by atoms with van der Waals surface area (Å²) >= 11 is 5.93. The van der Waals surface area contributed by atoms with E-state index in [1.165, 1.54) is 12.3 Å². The fourth-order valence-corrected chi connectivity index (χ4v) is 2.36. The van der Waals surface area contributed by atoms with E-state index < -0.39 is 11.7 Å². The SMILES string of the molecule is FC(F)(F)c1cccc(/C=N\Nc2ccnc3cc(Cl)ccc23)c1. The van der Waals surface area contributed by atoms with Gasteiger partial charge in [-0.2, -0.15) is 18.3 Å². The highest BCUT2D eigenvalue weighted by molar-refractivity contribution is 6.31. The van der Waals surface area contributed by atoms with Crippen LogP contribution >= 0.6 is 11.6 Å². The van der Waals surface area contributed by atoms with Gasteiger partial charge in [0, 0.05) is 16.6 Å². The number of rotatable bonds is 3. The van der Waals surface area contributed by atoms with Gasteiger partial charge in [-0.05, 0) is 42.0 Å². The molecule has 1 aromatic heterocycles. The van der Waals surface area contributed by atoms with E-state index in [0.717, 1.165) is 17.5 Å². The second-order valence-corrected chi connectivity index (χ2v) is 5.45. The van der Waals surface area contributed by atoms with Gasteiger partial charge >= 0.3 is 6.18 Å². The molecule has 0 radical (unpaired) electrons. The second kappa shape index (κ2) is 6.49. The summed E-state index contributed by atoms with van der Waals surface area (Å²) in [5.41, 5.74) is 3.83. The first-order valence-corrected chi connectivity index (χ1v) is 7.32. The van der Waals surface area contributed by atoms with Gasteiger partial charge in [-0.25, -0.2) is 0 Å². The number of pyridine rings is 1. The number of alkyl halides is 3. The molecule has 122 valence electrons. The first-order valence-electron chi connectivity index (χ1n) is 6.94. The minimum atomic E-state index is -4.38. The number of hydrogen-bond acceptors (Lipinski definition) is 3. The molecule has 1 N–H and O–H groups in total. The van der Waals surface area contributed by atoms with Crippen LogP contribution in [0.15, 0.2) is 59.8 Å². The lowest BCUT2D eigenvalue weighted by atomic mass is 10.1. The van der Waals surface area contributed by atoms with Crippen LogP contribution < -0.4 is 5.43 Å². The molecular weight excluding hydrogens is 339 g/mol. The number of nitrogens with zero attached hydrogens (tertiary/aromatic N) is 2. The van der Waals surface area contributed by atoms with E-state index in [0.29, 0.717) is 21.8 Å².